The normalized spacial score (nSPS) is 11.0. The molecule has 2 aromatic carbocycles. The summed E-state index contributed by atoms with van der Waals surface area (Å²) in [6, 6.07) is 13.6. The van der Waals surface area contributed by atoms with E-state index in [1.807, 2.05) is 42.3 Å². The second kappa shape index (κ2) is 9.96. The molecule has 35 heavy (non-hydrogen) atoms. The van der Waals surface area contributed by atoms with Crippen molar-refractivity contribution in [2.75, 3.05) is 17.7 Å². The average molecular weight is 497 g/mol. The van der Waals surface area contributed by atoms with E-state index in [0.717, 1.165) is 5.69 Å². The minimum atomic E-state index is -0.678. The molecular formula is C20H17ClN10O4. The van der Waals surface area contributed by atoms with Crippen molar-refractivity contribution in [2.45, 2.75) is 6.54 Å². The van der Waals surface area contributed by atoms with E-state index in [4.69, 9.17) is 17.3 Å². The maximum atomic E-state index is 12.9. The van der Waals surface area contributed by atoms with Crippen LogP contribution in [0.4, 0.5) is 17.2 Å². The second-order valence-electron chi connectivity index (χ2n) is 7.13. The molecule has 4 aromatic rings. The summed E-state index contributed by atoms with van der Waals surface area (Å²) in [5, 5.41) is 30.1. The lowest BCUT2D eigenvalue weighted by Gasteiger charge is -2.19. The number of anilines is 2. The molecule has 0 bridgehead atoms. The Balaban J connectivity index is 1.60. The lowest BCUT2D eigenvalue weighted by molar-refractivity contribution is -0.384. The molecule has 0 saturated carbocycles. The number of carbonyl (C=O) groups excluding carboxylic acids is 1. The summed E-state index contributed by atoms with van der Waals surface area (Å²) >= 11 is 5.81. The second-order valence-corrected chi connectivity index (χ2v) is 7.54. The number of carbonyl (C=O) groups is 1. The lowest BCUT2D eigenvalue weighted by atomic mass is 10.2. The summed E-state index contributed by atoms with van der Waals surface area (Å²) in [5.74, 6) is -0.639. The summed E-state index contributed by atoms with van der Waals surface area (Å²) in [4.78, 5) is 25.2. The van der Waals surface area contributed by atoms with Crippen LogP contribution in [0.5, 0.6) is 0 Å². The first-order chi connectivity index (χ1) is 16.8. The van der Waals surface area contributed by atoms with Gasteiger partial charge in [-0.25, -0.2) is 10.1 Å². The smallest absolute Gasteiger partial charge is 0.293 e. The SMILES string of the molecule is CN(Cc1c(C(=O)NN=Cc2ccc(Cl)c([N+](=O)[O-])c2)nnn1-c1nonc1N)c1ccccc1. The minimum Gasteiger partial charge on any atom is -0.378 e. The monoisotopic (exact) mass is 496 g/mol. The zero-order chi connectivity index (χ0) is 24.9. The summed E-state index contributed by atoms with van der Waals surface area (Å²) in [5.41, 5.74) is 9.39. The number of nitrogens with two attached hydrogens (primary N) is 1. The molecule has 0 atom stereocenters. The van der Waals surface area contributed by atoms with Crippen molar-refractivity contribution in [1.29, 1.82) is 0 Å². The van der Waals surface area contributed by atoms with Crippen LogP contribution in [0.1, 0.15) is 21.7 Å². The molecule has 0 radical (unpaired) electrons. The quantitative estimate of drug-likeness (QED) is 0.208. The van der Waals surface area contributed by atoms with Crippen LogP contribution in [0.3, 0.4) is 0 Å². The molecule has 178 valence electrons. The fourth-order valence-corrected chi connectivity index (χ4v) is 3.28. The first kappa shape index (κ1) is 23.3. The van der Waals surface area contributed by atoms with Gasteiger partial charge in [0.15, 0.2) is 5.69 Å². The molecule has 15 heteroatoms. The van der Waals surface area contributed by atoms with Gasteiger partial charge in [0, 0.05) is 24.4 Å². The van der Waals surface area contributed by atoms with Crippen LogP contribution >= 0.6 is 11.6 Å². The number of nitro groups is 1. The van der Waals surface area contributed by atoms with Gasteiger partial charge in [-0.05, 0) is 28.5 Å². The summed E-state index contributed by atoms with van der Waals surface area (Å²) in [7, 11) is 1.82. The molecule has 2 heterocycles. The average Bonchev–Trinajstić information content (AvgIpc) is 3.46. The third-order valence-electron chi connectivity index (χ3n) is 4.80. The van der Waals surface area contributed by atoms with Crippen LogP contribution in [-0.4, -0.2) is 49.4 Å². The molecule has 0 aliphatic rings. The van der Waals surface area contributed by atoms with Crippen molar-refractivity contribution in [3.8, 4) is 5.82 Å². The maximum Gasteiger partial charge on any atom is 0.293 e. The predicted octanol–water partition coefficient (Wildman–Crippen LogP) is 2.19. The van der Waals surface area contributed by atoms with Crippen LogP contribution in [0.25, 0.3) is 5.82 Å². The first-order valence-corrected chi connectivity index (χ1v) is 10.3. The van der Waals surface area contributed by atoms with Gasteiger partial charge in [0.1, 0.15) is 5.02 Å². The van der Waals surface area contributed by atoms with Gasteiger partial charge in [-0.2, -0.15) is 9.78 Å². The van der Waals surface area contributed by atoms with Gasteiger partial charge in [-0.3, -0.25) is 14.9 Å². The van der Waals surface area contributed by atoms with E-state index in [1.54, 1.807) is 0 Å². The molecule has 0 spiro atoms. The molecule has 4 rings (SSSR count). The van der Waals surface area contributed by atoms with E-state index in [0.29, 0.717) is 11.3 Å². The number of benzene rings is 2. The molecule has 14 nitrogen and oxygen atoms in total. The largest absolute Gasteiger partial charge is 0.378 e. The van der Waals surface area contributed by atoms with E-state index in [-0.39, 0.29) is 34.6 Å². The van der Waals surface area contributed by atoms with Crippen LogP contribution in [0, 0.1) is 10.1 Å². The van der Waals surface area contributed by atoms with E-state index in [9.17, 15) is 14.9 Å². The van der Waals surface area contributed by atoms with E-state index in [2.05, 4.69) is 35.8 Å². The summed E-state index contributed by atoms with van der Waals surface area (Å²) < 4.78 is 5.91. The maximum absolute atomic E-state index is 12.9. The standard InChI is InChI=1S/C20H17ClN10O4/c1-29(13-5-3-2-4-6-13)11-16-17(24-28-30(16)19-18(22)26-35-27-19)20(32)25-23-10-12-7-8-14(21)15(9-12)31(33)34/h2-10H,11H2,1H3,(H2,22,26)(H,25,32). The third-order valence-corrected chi connectivity index (χ3v) is 5.12. The minimum absolute atomic E-state index is 0.0124. The van der Waals surface area contributed by atoms with Crippen molar-refractivity contribution >= 4 is 40.9 Å². The highest BCUT2D eigenvalue weighted by Crippen LogP contribution is 2.24. The van der Waals surface area contributed by atoms with Crippen molar-refractivity contribution in [2.24, 2.45) is 5.10 Å². The fourth-order valence-electron chi connectivity index (χ4n) is 3.09. The Morgan fingerprint density at radius 1 is 1.31 bits per heavy atom. The zero-order valence-electron chi connectivity index (χ0n) is 18.1. The molecule has 0 aliphatic heterocycles. The Labute approximate surface area is 202 Å². The fraction of sp³-hybridized carbons (Fsp3) is 0.100. The number of rotatable bonds is 8. The van der Waals surface area contributed by atoms with Crippen molar-refractivity contribution in [3.63, 3.8) is 0 Å². The van der Waals surface area contributed by atoms with E-state index >= 15 is 0 Å². The molecule has 2 aromatic heterocycles. The van der Waals surface area contributed by atoms with Gasteiger partial charge in [0.2, 0.25) is 11.6 Å². The number of halogens is 1. The summed E-state index contributed by atoms with van der Waals surface area (Å²) in [6.07, 6.45) is 1.24. The Morgan fingerprint density at radius 2 is 2.09 bits per heavy atom. The number of nitrogens with zero attached hydrogens (tertiary/aromatic N) is 8. The molecule has 0 unspecified atom stereocenters. The molecule has 3 N–H and O–H groups in total. The van der Waals surface area contributed by atoms with Crippen molar-refractivity contribution in [1.82, 2.24) is 30.7 Å². The van der Waals surface area contributed by atoms with Gasteiger partial charge >= 0.3 is 0 Å². The molecule has 0 aliphatic carbocycles. The van der Waals surface area contributed by atoms with Crippen LogP contribution in [0.2, 0.25) is 5.02 Å². The Hall–Kier alpha value is -4.85. The highest BCUT2D eigenvalue weighted by Gasteiger charge is 2.25. The number of nitrogens with one attached hydrogen (secondary N) is 1. The zero-order valence-corrected chi connectivity index (χ0v) is 18.8. The number of nitrogen functional groups attached to an aromatic ring is 1. The molecule has 1 amide bonds. The third kappa shape index (κ3) is 5.06. The van der Waals surface area contributed by atoms with Gasteiger partial charge in [0.05, 0.1) is 23.4 Å². The predicted molar refractivity (Wildman–Crippen MR) is 125 cm³/mol. The molecule has 0 saturated heterocycles. The Kier molecular flexibility index (Phi) is 6.64. The highest BCUT2D eigenvalue weighted by atomic mass is 35.5. The van der Waals surface area contributed by atoms with Crippen LogP contribution < -0.4 is 16.1 Å². The number of hydrogen-bond donors (Lipinski definition) is 2. The van der Waals surface area contributed by atoms with Gasteiger partial charge < -0.3 is 10.6 Å². The highest BCUT2D eigenvalue weighted by molar-refractivity contribution is 6.32. The van der Waals surface area contributed by atoms with Gasteiger partial charge in [-0.1, -0.05) is 41.1 Å². The van der Waals surface area contributed by atoms with Gasteiger partial charge in [-0.15, -0.1) is 5.10 Å². The Morgan fingerprint density at radius 3 is 2.77 bits per heavy atom. The van der Waals surface area contributed by atoms with Crippen molar-refractivity contribution in [3.05, 3.63) is 80.6 Å². The summed E-state index contributed by atoms with van der Waals surface area (Å²) in [6.45, 7) is 0.194. The van der Waals surface area contributed by atoms with Crippen LogP contribution in [-0.2, 0) is 6.54 Å². The van der Waals surface area contributed by atoms with E-state index < -0.39 is 10.8 Å². The number of amides is 1. The number of hydrazone groups is 1. The number of nitro benzene ring substituents is 1. The number of aromatic nitrogens is 5. The number of hydrogen-bond acceptors (Lipinski definition) is 11. The van der Waals surface area contributed by atoms with Crippen LogP contribution in [0.15, 0.2) is 58.3 Å². The van der Waals surface area contributed by atoms with E-state index in [1.165, 1.54) is 29.1 Å². The lowest BCUT2D eigenvalue weighted by Crippen LogP contribution is -2.24. The molecule has 0 fully saturated rings. The number of para-hydroxylation sites is 1. The Bertz CT molecular complexity index is 1400. The molecular weight excluding hydrogens is 480 g/mol. The van der Waals surface area contributed by atoms with Crippen molar-refractivity contribution < 1.29 is 14.3 Å². The topological polar surface area (TPSA) is 183 Å². The van der Waals surface area contributed by atoms with Gasteiger partial charge in [0.25, 0.3) is 11.6 Å². The first-order valence-electron chi connectivity index (χ1n) is 9.91.